The highest BCUT2D eigenvalue weighted by atomic mass is 16.1. The Bertz CT molecular complexity index is 694. The Kier molecular flexibility index (Phi) is 5.20. The third-order valence-electron chi connectivity index (χ3n) is 4.56. The molecule has 1 saturated heterocycles. The number of hydrogen-bond acceptors (Lipinski definition) is 5. The van der Waals surface area contributed by atoms with Crippen molar-refractivity contribution in [2.45, 2.75) is 20.3 Å². The number of carbonyl (C=O) groups is 1. The third kappa shape index (κ3) is 3.97. The van der Waals surface area contributed by atoms with Gasteiger partial charge >= 0.3 is 0 Å². The highest BCUT2D eigenvalue weighted by Gasteiger charge is 2.19. The molecule has 0 amide bonds. The smallest absolute Gasteiger partial charge is 0.225 e. The largest absolute Gasteiger partial charge is 0.338 e. The fourth-order valence-electron chi connectivity index (χ4n) is 3.06. The van der Waals surface area contributed by atoms with Crippen LogP contribution in [-0.4, -0.2) is 53.4 Å². The first-order valence-corrected chi connectivity index (χ1v) is 8.49. The van der Waals surface area contributed by atoms with E-state index in [1.807, 2.05) is 6.92 Å². The minimum atomic E-state index is 0.0183. The fourth-order valence-corrected chi connectivity index (χ4v) is 3.06. The maximum atomic E-state index is 11.5. The number of piperazine rings is 1. The van der Waals surface area contributed by atoms with Gasteiger partial charge < -0.3 is 4.90 Å². The standard InChI is InChI=1S/C19H24N4O/c1-15-18(16(2)24)14-20-19(21-15)23-12-10-22(11-13-23)9-8-17-6-4-3-5-7-17/h3-7,14H,8-13H2,1-2H3. The fraction of sp³-hybridized carbons (Fsp3) is 0.421. The second-order valence-corrected chi connectivity index (χ2v) is 6.29. The first-order chi connectivity index (χ1) is 11.6. The van der Waals surface area contributed by atoms with Gasteiger partial charge in [-0.25, -0.2) is 9.97 Å². The highest BCUT2D eigenvalue weighted by Crippen LogP contribution is 2.14. The number of nitrogens with zero attached hydrogens (tertiary/aromatic N) is 4. The van der Waals surface area contributed by atoms with E-state index in [2.05, 4.69) is 50.1 Å². The molecule has 3 rings (SSSR count). The van der Waals surface area contributed by atoms with Gasteiger partial charge in [-0.3, -0.25) is 9.69 Å². The second-order valence-electron chi connectivity index (χ2n) is 6.29. The van der Waals surface area contributed by atoms with Gasteiger partial charge in [0, 0.05) is 38.9 Å². The zero-order chi connectivity index (χ0) is 16.9. The molecule has 1 aliphatic heterocycles. The van der Waals surface area contributed by atoms with Crippen LogP contribution in [0.1, 0.15) is 28.5 Å². The molecule has 24 heavy (non-hydrogen) atoms. The van der Waals surface area contributed by atoms with Gasteiger partial charge in [-0.2, -0.15) is 0 Å². The van der Waals surface area contributed by atoms with Crippen LogP contribution in [0, 0.1) is 6.92 Å². The molecule has 0 aliphatic carbocycles. The van der Waals surface area contributed by atoms with Crippen molar-refractivity contribution in [3.8, 4) is 0 Å². The molecule has 1 aliphatic rings. The monoisotopic (exact) mass is 324 g/mol. The van der Waals surface area contributed by atoms with Gasteiger partial charge in [0.25, 0.3) is 0 Å². The molecule has 0 unspecified atom stereocenters. The van der Waals surface area contributed by atoms with Gasteiger partial charge in [-0.1, -0.05) is 30.3 Å². The Morgan fingerprint density at radius 1 is 1.12 bits per heavy atom. The van der Waals surface area contributed by atoms with Crippen LogP contribution in [-0.2, 0) is 6.42 Å². The Hall–Kier alpha value is -2.27. The quantitative estimate of drug-likeness (QED) is 0.790. The lowest BCUT2D eigenvalue weighted by molar-refractivity contribution is 0.101. The summed E-state index contributed by atoms with van der Waals surface area (Å²) in [4.78, 5) is 25.1. The molecule has 5 heteroatoms. The summed E-state index contributed by atoms with van der Waals surface area (Å²) in [6.45, 7) is 8.39. The molecule has 126 valence electrons. The Morgan fingerprint density at radius 3 is 2.46 bits per heavy atom. The molecule has 5 nitrogen and oxygen atoms in total. The molecule has 1 aromatic carbocycles. The van der Waals surface area contributed by atoms with Crippen LogP contribution < -0.4 is 4.90 Å². The first kappa shape index (κ1) is 16.6. The number of hydrogen-bond donors (Lipinski definition) is 0. The maximum Gasteiger partial charge on any atom is 0.225 e. The average Bonchev–Trinajstić information content (AvgIpc) is 2.61. The molecule has 1 fully saturated rings. The minimum absolute atomic E-state index is 0.0183. The van der Waals surface area contributed by atoms with Crippen molar-refractivity contribution in [2.24, 2.45) is 0 Å². The van der Waals surface area contributed by atoms with Crippen LogP contribution in [0.5, 0.6) is 0 Å². The van der Waals surface area contributed by atoms with E-state index in [0.29, 0.717) is 5.56 Å². The molecule has 2 heterocycles. The number of Topliss-reactive ketones (excluding diaryl/α,β-unsaturated/α-hetero) is 1. The molecule has 0 saturated carbocycles. The molecule has 0 bridgehead atoms. The summed E-state index contributed by atoms with van der Waals surface area (Å²) in [5.41, 5.74) is 2.76. The number of ketones is 1. The van der Waals surface area contributed by atoms with Crippen molar-refractivity contribution >= 4 is 11.7 Å². The van der Waals surface area contributed by atoms with E-state index >= 15 is 0 Å². The summed E-state index contributed by atoms with van der Waals surface area (Å²) in [5.74, 6) is 0.755. The van der Waals surface area contributed by atoms with Crippen LogP contribution in [0.4, 0.5) is 5.95 Å². The van der Waals surface area contributed by atoms with Gasteiger partial charge in [0.05, 0.1) is 11.3 Å². The summed E-state index contributed by atoms with van der Waals surface area (Å²) < 4.78 is 0. The van der Waals surface area contributed by atoms with Crippen LogP contribution >= 0.6 is 0 Å². The SMILES string of the molecule is CC(=O)c1cnc(N2CCN(CCc3ccccc3)CC2)nc1C. The number of benzene rings is 1. The van der Waals surface area contributed by atoms with Crippen LogP contribution in [0.15, 0.2) is 36.5 Å². The number of aromatic nitrogens is 2. The molecular weight excluding hydrogens is 300 g/mol. The maximum absolute atomic E-state index is 11.5. The Balaban J connectivity index is 1.53. The highest BCUT2D eigenvalue weighted by molar-refractivity contribution is 5.94. The van der Waals surface area contributed by atoms with Gasteiger partial charge in [-0.15, -0.1) is 0 Å². The lowest BCUT2D eigenvalue weighted by atomic mass is 10.1. The summed E-state index contributed by atoms with van der Waals surface area (Å²) in [6, 6.07) is 10.6. The van der Waals surface area contributed by atoms with Crippen LogP contribution in [0.25, 0.3) is 0 Å². The molecule has 0 radical (unpaired) electrons. The summed E-state index contributed by atoms with van der Waals surface area (Å²) >= 11 is 0. The van der Waals surface area contributed by atoms with E-state index in [-0.39, 0.29) is 5.78 Å². The topological polar surface area (TPSA) is 49.3 Å². The van der Waals surface area contributed by atoms with Crippen molar-refractivity contribution in [2.75, 3.05) is 37.6 Å². The Labute approximate surface area is 143 Å². The molecule has 0 N–H and O–H groups in total. The lowest BCUT2D eigenvalue weighted by Crippen LogP contribution is -2.47. The van der Waals surface area contributed by atoms with Gasteiger partial charge in [0.2, 0.25) is 5.95 Å². The number of aryl methyl sites for hydroxylation is 1. The third-order valence-corrected chi connectivity index (χ3v) is 4.56. The van der Waals surface area contributed by atoms with E-state index in [4.69, 9.17) is 0 Å². The van der Waals surface area contributed by atoms with E-state index in [1.165, 1.54) is 5.56 Å². The van der Waals surface area contributed by atoms with Gasteiger partial charge in [0.1, 0.15) is 0 Å². The van der Waals surface area contributed by atoms with Crippen molar-refractivity contribution in [1.29, 1.82) is 0 Å². The number of carbonyl (C=O) groups excluding carboxylic acids is 1. The number of rotatable bonds is 5. The molecule has 0 atom stereocenters. The van der Waals surface area contributed by atoms with Crippen molar-refractivity contribution < 1.29 is 4.79 Å². The van der Waals surface area contributed by atoms with Crippen LogP contribution in [0.3, 0.4) is 0 Å². The normalized spacial score (nSPS) is 15.5. The van der Waals surface area contributed by atoms with Gasteiger partial charge in [0.15, 0.2) is 5.78 Å². The summed E-state index contributed by atoms with van der Waals surface area (Å²) in [7, 11) is 0. The zero-order valence-corrected chi connectivity index (χ0v) is 14.4. The molecule has 1 aromatic heterocycles. The van der Waals surface area contributed by atoms with Crippen molar-refractivity contribution in [3.63, 3.8) is 0 Å². The van der Waals surface area contributed by atoms with Crippen molar-refractivity contribution in [1.82, 2.24) is 14.9 Å². The van der Waals surface area contributed by atoms with E-state index in [0.717, 1.165) is 50.8 Å². The van der Waals surface area contributed by atoms with E-state index in [9.17, 15) is 4.79 Å². The van der Waals surface area contributed by atoms with E-state index in [1.54, 1.807) is 13.1 Å². The Morgan fingerprint density at radius 2 is 1.83 bits per heavy atom. The molecular formula is C19H24N4O. The number of anilines is 1. The summed E-state index contributed by atoms with van der Waals surface area (Å²) in [5, 5.41) is 0. The summed E-state index contributed by atoms with van der Waals surface area (Å²) in [6.07, 6.45) is 2.74. The average molecular weight is 324 g/mol. The predicted molar refractivity (Wildman–Crippen MR) is 95.6 cm³/mol. The molecule has 0 spiro atoms. The van der Waals surface area contributed by atoms with Crippen LogP contribution in [0.2, 0.25) is 0 Å². The van der Waals surface area contributed by atoms with Crippen molar-refractivity contribution in [3.05, 3.63) is 53.3 Å². The zero-order valence-electron chi connectivity index (χ0n) is 14.4. The predicted octanol–water partition coefficient (Wildman–Crippen LogP) is 2.35. The van der Waals surface area contributed by atoms with Gasteiger partial charge in [-0.05, 0) is 25.8 Å². The molecule has 2 aromatic rings. The minimum Gasteiger partial charge on any atom is -0.338 e. The lowest BCUT2D eigenvalue weighted by Gasteiger charge is -2.34. The second kappa shape index (κ2) is 7.53. The first-order valence-electron chi connectivity index (χ1n) is 8.49. The van der Waals surface area contributed by atoms with E-state index < -0.39 is 0 Å².